The number of rotatable bonds is 5. The Morgan fingerprint density at radius 1 is 1.00 bits per heavy atom. The molecule has 156 valence electrons. The number of halogens is 1. The molecule has 0 unspecified atom stereocenters. The van der Waals surface area contributed by atoms with E-state index in [4.69, 9.17) is 16.0 Å². The molecule has 0 bridgehead atoms. The third kappa shape index (κ3) is 4.59. The van der Waals surface area contributed by atoms with Crippen LogP contribution in [0.3, 0.4) is 0 Å². The van der Waals surface area contributed by atoms with Crippen molar-refractivity contribution in [3.05, 3.63) is 98.6 Å². The molecule has 0 saturated carbocycles. The molecule has 1 N–H and O–H groups in total. The van der Waals surface area contributed by atoms with Gasteiger partial charge >= 0.3 is 0 Å². The van der Waals surface area contributed by atoms with Crippen molar-refractivity contribution < 1.29 is 9.52 Å². The fourth-order valence-corrected chi connectivity index (χ4v) is 4.17. The van der Waals surface area contributed by atoms with E-state index in [2.05, 4.69) is 46.2 Å². The molecule has 1 atom stereocenters. The van der Waals surface area contributed by atoms with Gasteiger partial charge in [-0.2, -0.15) is 0 Å². The van der Waals surface area contributed by atoms with Crippen LogP contribution in [0, 0.1) is 6.92 Å². The first-order valence-electron chi connectivity index (χ1n) is 10.1. The van der Waals surface area contributed by atoms with Crippen molar-refractivity contribution in [3.8, 4) is 5.75 Å². The molecule has 0 aliphatic carbocycles. The SMILES string of the molecule is Cc1cc(=O)c(O)c(CN2CCN([C@@H](c3ccccc3)c3ccc(Cl)cc3)CC2)o1. The molecule has 30 heavy (non-hydrogen) atoms. The summed E-state index contributed by atoms with van der Waals surface area (Å²) in [5.41, 5.74) is 2.07. The van der Waals surface area contributed by atoms with Crippen molar-refractivity contribution in [1.82, 2.24) is 9.80 Å². The average molecular weight is 425 g/mol. The fraction of sp³-hybridized carbons (Fsp3) is 0.292. The molecule has 1 aromatic heterocycles. The molecule has 1 fully saturated rings. The summed E-state index contributed by atoms with van der Waals surface area (Å²) in [6.45, 7) is 5.49. The van der Waals surface area contributed by atoms with Crippen molar-refractivity contribution in [2.75, 3.05) is 26.2 Å². The van der Waals surface area contributed by atoms with Crippen LogP contribution in [0.15, 0.2) is 69.9 Å². The van der Waals surface area contributed by atoms with Gasteiger partial charge in [0.2, 0.25) is 11.2 Å². The molecule has 0 spiro atoms. The number of aryl methyl sites for hydroxylation is 1. The maximum atomic E-state index is 11.8. The molecule has 2 aromatic carbocycles. The zero-order valence-electron chi connectivity index (χ0n) is 16.9. The Morgan fingerprint density at radius 2 is 1.63 bits per heavy atom. The monoisotopic (exact) mass is 424 g/mol. The lowest BCUT2D eigenvalue weighted by atomic mass is 9.96. The minimum absolute atomic E-state index is 0.149. The van der Waals surface area contributed by atoms with Crippen LogP contribution in [-0.2, 0) is 6.54 Å². The summed E-state index contributed by atoms with van der Waals surface area (Å²) in [4.78, 5) is 16.5. The lowest BCUT2D eigenvalue weighted by molar-refractivity contribution is 0.0978. The van der Waals surface area contributed by atoms with Gasteiger partial charge in [0, 0.05) is 37.3 Å². The molecule has 0 radical (unpaired) electrons. The van der Waals surface area contributed by atoms with Crippen LogP contribution in [0.2, 0.25) is 5.02 Å². The molecule has 5 nitrogen and oxygen atoms in total. The van der Waals surface area contributed by atoms with E-state index in [1.54, 1.807) is 6.92 Å². The zero-order chi connectivity index (χ0) is 21.1. The van der Waals surface area contributed by atoms with E-state index in [1.165, 1.54) is 17.2 Å². The first-order valence-corrected chi connectivity index (χ1v) is 10.5. The van der Waals surface area contributed by atoms with Crippen molar-refractivity contribution in [3.63, 3.8) is 0 Å². The zero-order valence-corrected chi connectivity index (χ0v) is 17.7. The van der Waals surface area contributed by atoms with Crippen molar-refractivity contribution in [2.45, 2.75) is 19.5 Å². The van der Waals surface area contributed by atoms with Crippen molar-refractivity contribution >= 4 is 11.6 Å². The van der Waals surface area contributed by atoms with Crippen molar-refractivity contribution in [1.29, 1.82) is 0 Å². The van der Waals surface area contributed by atoms with Gasteiger partial charge in [-0.15, -0.1) is 0 Å². The minimum atomic E-state index is -0.390. The summed E-state index contributed by atoms with van der Waals surface area (Å²) in [5, 5.41) is 10.8. The second-order valence-corrected chi connectivity index (χ2v) is 8.11. The van der Waals surface area contributed by atoms with Gasteiger partial charge in [0.15, 0.2) is 5.76 Å². The van der Waals surface area contributed by atoms with Gasteiger partial charge in [-0.05, 0) is 30.2 Å². The maximum Gasteiger partial charge on any atom is 0.227 e. The summed E-state index contributed by atoms with van der Waals surface area (Å²) in [6.07, 6.45) is 0. The highest BCUT2D eigenvalue weighted by atomic mass is 35.5. The number of hydrogen-bond acceptors (Lipinski definition) is 5. The highest BCUT2D eigenvalue weighted by Crippen LogP contribution is 2.30. The number of benzene rings is 2. The normalized spacial score (nSPS) is 16.5. The quantitative estimate of drug-likeness (QED) is 0.664. The third-order valence-corrected chi connectivity index (χ3v) is 5.81. The summed E-state index contributed by atoms with van der Waals surface area (Å²) in [6, 6.07) is 20.0. The molecular weight excluding hydrogens is 400 g/mol. The molecule has 1 aliphatic rings. The topological polar surface area (TPSA) is 56.9 Å². The van der Waals surface area contributed by atoms with Crippen molar-refractivity contribution in [2.24, 2.45) is 0 Å². The van der Waals surface area contributed by atoms with Crippen LogP contribution in [-0.4, -0.2) is 41.1 Å². The number of aromatic hydroxyl groups is 1. The van der Waals surface area contributed by atoms with Crippen LogP contribution >= 0.6 is 11.6 Å². The van der Waals surface area contributed by atoms with Gasteiger partial charge in [-0.1, -0.05) is 54.1 Å². The van der Waals surface area contributed by atoms with E-state index < -0.39 is 0 Å². The second-order valence-electron chi connectivity index (χ2n) is 7.67. The summed E-state index contributed by atoms with van der Waals surface area (Å²) < 4.78 is 5.60. The highest BCUT2D eigenvalue weighted by Gasteiger charge is 2.27. The van der Waals surface area contributed by atoms with Gasteiger partial charge < -0.3 is 9.52 Å². The second kappa shape index (κ2) is 9.04. The summed E-state index contributed by atoms with van der Waals surface area (Å²) >= 11 is 6.11. The summed E-state index contributed by atoms with van der Waals surface area (Å²) in [7, 11) is 0. The predicted molar refractivity (Wildman–Crippen MR) is 118 cm³/mol. The smallest absolute Gasteiger partial charge is 0.227 e. The first-order chi connectivity index (χ1) is 14.5. The largest absolute Gasteiger partial charge is 0.502 e. The number of hydrogen-bond donors (Lipinski definition) is 1. The molecule has 4 rings (SSSR count). The van der Waals surface area contributed by atoms with Crippen LogP contribution in [0.4, 0.5) is 0 Å². The Kier molecular flexibility index (Phi) is 6.23. The lowest BCUT2D eigenvalue weighted by Gasteiger charge is -2.39. The lowest BCUT2D eigenvalue weighted by Crippen LogP contribution is -2.47. The van der Waals surface area contributed by atoms with Crippen LogP contribution in [0.5, 0.6) is 5.75 Å². The predicted octanol–water partition coefficient (Wildman–Crippen LogP) is 4.21. The third-order valence-electron chi connectivity index (χ3n) is 5.56. The molecule has 3 aromatic rings. The Labute approximate surface area is 181 Å². The van der Waals surface area contributed by atoms with E-state index in [-0.39, 0.29) is 17.2 Å². The average Bonchev–Trinajstić information content (AvgIpc) is 2.75. The number of piperazine rings is 1. The van der Waals surface area contributed by atoms with E-state index in [0.717, 1.165) is 31.2 Å². The van der Waals surface area contributed by atoms with E-state index in [9.17, 15) is 9.90 Å². The molecular formula is C24H25ClN2O3. The molecule has 6 heteroatoms. The summed E-state index contributed by atoms with van der Waals surface area (Å²) in [5.74, 6) is 0.565. The molecule has 1 aliphatic heterocycles. The van der Waals surface area contributed by atoms with Crippen LogP contribution in [0.25, 0.3) is 0 Å². The van der Waals surface area contributed by atoms with E-state index >= 15 is 0 Å². The van der Waals surface area contributed by atoms with Gasteiger partial charge in [0.1, 0.15) is 5.76 Å². The van der Waals surface area contributed by atoms with E-state index in [0.29, 0.717) is 18.1 Å². The fourth-order valence-electron chi connectivity index (χ4n) is 4.05. The molecule has 0 amide bonds. The Morgan fingerprint density at radius 3 is 2.30 bits per heavy atom. The standard InChI is InChI=1S/C24H25ClN2O3/c1-17-15-21(28)24(29)22(30-17)16-26-11-13-27(14-12-26)23(18-5-3-2-4-6-18)19-7-9-20(25)10-8-19/h2-10,15,23,29H,11-14,16H2,1H3/t23-/m0/s1. The molecule has 2 heterocycles. The molecule has 1 saturated heterocycles. The first kappa shape index (κ1) is 20.7. The Bertz CT molecular complexity index is 1040. The van der Waals surface area contributed by atoms with Gasteiger partial charge in [-0.3, -0.25) is 14.6 Å². The van der Waals surface area contributed by atoms with Crippen LogP contribution in [0.1, 0.15) is 28.7 Å². The Hall–Kier alpha value is -2.60. The van der Waals surface area contributed by atoms with E-state index in [1.807, 2.05) is 18.2 Å². The Balaban J connectivity index is 1.51. The number of nitrogens with zero attached hydrogens (tertiary/aromatic N) is 2. The highest BCUT2D eigenvalue weighted by molar-refractivity contribution is 6.30. The van der Waals surface area contributed by atoms with Gasteiger partial charge in [-0.25, -0.2) is 0 Å². The van der Waals surface area contributed by atoms with Gasteiger partial charge in [0.05, 0.1) is 12.6 Å². The van der Waals surface area contributed by atoms with Crippen LogP contribution < -0.4 is 5.43 Å². The van der Waals surface area contributed by atoms with Gasteiger partial charge in [0.25, 0.3) is 0 Å². The maximum absolute atomic E-state index is 11.8. The minimum Gasteiger partial charge on any atom is -0.502 e.